The Balaban J connectivity index is 2.38. The van der Waals surface area contributed by atoms with Crippen molar-refractivity contribution in [3.8, 4) is 0 Å². The fourth-order valence-electron chi connectivity index (χ4n) is 2.31. The first-order valence-electron chi connectivity index (χ1n) is 6.63. The van der Waals surface area contributed by atoms with Gasteiger partial charge in [-0.15, -0.1) is 0 Å². The molecule has 0 aromatic carbocycles. The molecule has 4 nitrogen and oxygen atoms in total. The lowest BCUT2D eigenvalue weighted by atomic mass is 9.85. The van der Waals surface area contributed by atoms with Crippen LogP contribution >= 0.6 is 0 Å². The molecule has 17 heavy (non-hydrogen) atoms. The van der Waals surface area contributed by atoms with Gasteiger partial charge in [0.25, 0.3) is 0 Å². The smallest absolute Gasteiger partial charge is 0.222 e. The summed E-state index contributed by atoms with van der Waals surface area (Å²) in [6, 6.07) is 0.0839. The highest BCUT2D eigenvalue weighted by Crippen LogP contribution is 2.24. The van der Waals surface area contributed by atoms with Gasteiger partial charge in [-0.25, -0.2) is 0 Å². The molecule has 1 aliphatic rings. The van der Waals surface area contributed by atoms with Gasteiger partial charge in [0, 0.05) is 18.6 Å². The molecule has 4 heteroatoms. The molecule has 0 aromatic heterocycles. The molecule has 1 amide bonds. The van der Waals surface area contributed by atoms with Gasteiger partial charge in [0.15, 0.2) is 0 Å². The zero-order valence-electron chi connectivity index (χ0n) is 10.9. The van der Waals surface area contributed by atoms with Gasteiger partial charge in [-0.05, 0) is 18.8 Å². The lowest BCUT2D eigenvalue weighted by Crippen LogP contribution is -2.44. The normalized spacial score (nSPS) is 26.9. The van der Waals surface area contributed by atoms with E-state index in [2.05, 4.69) is 5.32 Å². The molecule has 3 unspecified atom stereocenters. The Bertz CT molecular complexity index is 243. The van der Waals surface area contributed by atoms with Gasteiger partial charge >= 0.3 is 0 Å². The first-order chi connectivity index (χ1) is 8.04. The number of aliphatic hydroxyl groups excluding tert-OH is 2. The van der Waals surface area contributed by atoms with Crippen LogP contribution in [0.3, 0.4) is 0 Å². The van der Waals surface area contributed by atoms with E-state index in [0.29, 0.717) is 0 Å². The fourth-order valence-corrected chi connectivity index (χ4v) is 2.31. The summed E-state index contributed by atoms with van der Waals surface area (Å²) < 4.78 is 0. The number of rotatable bonds is 5. The minimum Gasteiger partial charge on any atom is -0.396 e. The van der Waals surface area contributed by atoms with Crippen molar-refractivity contribution < 1.29 is 15.0 Å². The predicted molar refractivity (Wildman–Crippen MR) is 66.4 cm³/mol. The van der Waals surface area contributed by atoms with Crippen LogP contribution in [-0.2, 0) is 4.79 Å². The third-order valence-electron chi connectivity index (χ3n) is 3.65. The minimum absolute atomic E-state index is 0.0839. The summed E-state index contributed by atoms with van der Waals surface area (Å²) in [6.07, 6.45) is 3.74. The van der Waals surface area contributed by atoms with Crippen LogP contribution in [0.1, 0.15) is 46.0 Å². The van der Waals surface area contributed by atoms with Crippen molar-refractivity contribution in [2.75, 3.05) is 6.61 Å². The molecule has 100 valence electrons. The quantitative estimate of drug-likeness (QED) is 0.676. The van der Waals surface area contributed by atoms with E-state index in [1.165, 1.54) is 0 Å². The Hall–Kier alpha value is -0.610. The number of hydrogen-bond donors (Lipinski definition) is 3. The van der Waals surface area contributed by atoms with Crippen molar-refractivity contribution in [2.45, 2.75) is 58.1 Å². The summed E-state index contributed by atoms with van der Waals surface area (Å²) in [5.74, 6) is 0.182. The number of carbonyl (C=O) groups excluding carboxylic acids is 1. The molecule has 3 N–H and O–H groups in total. The highest BCUT2D eigenvalue weighted by molar-refractivity contribution is 5.76. The molecule has 1 fully saturated rings. The van der Waals surface area contributed by atoms with Crippen LogP contribution in [0.25, 0.3) is 0 Å². The molecule has 1 saturated carbocycles. The first kappa shape index (κ1) is 14.5. The van der Waals surface area contributed by atoms with Crippen LogP contribution in [0.15, 0.2) is 0 Å². The van der Waals surface area contributed by atoms with Crippen molar-refractivity contribution >= 4 is 5.91 Å². The van der Waals surface area contributed by atoms with Gasteiger partial charge < -0.3 is 15.5 Å². The third kappa shape index (κ3) is 4.64. The molecule has 1 aliphatic carbocycles. The summed E-state index contributed by atoms with van der Waals surface area (Å²) in [4.78, 5) is 11.7. The number of nitrogens with one attached hydrogen (secondary N) is 1. The molecular weight excluding hydrogens is 218 g/mol. The van der Waals surface area contributed by atoms with Gasteiger partial charge in [0.2, 0.25) is 5.91 Å². The van der Waals surface area contributed by atoms with Crippen molar-refractivity contribution in [3.63, 3.8) is 0 Å². The van der Waals surface area contributed by atoms with Crippen molar-refractivity contribution in [1.82, 2.24) is 5.32 Å². The van der Waals surface area contributed by atoms with Gasteiger partial charge in [-0.2, -0.15) is 0 Å². The highest BCUT2D eigenvalue weighted by atomic mass is 16.3. The SMILES string of the molecule is CC(C)C(O)CC(=O)NC1CCCCC1CO. The van der Waals surface area contributed by atoms with Crippen LogP contribution in [0, 0.1) is 11.8 Å². The Labute approximate surface area is 103 Å². The molecule has 0 heterocycles. The van der Waals surface area contributed by atoms with E-state index in [1.54, 1.807) is 0 Å². The Morgan fingerprint density at radius 3 is 2.59 bits per heavy atom. The molecule has 3 atom stereocenters. The first-order valence-corrected chi connectivity index (χ1v) is 6.63. The Morgan fingerprint density at radius 1 is 1.35 bits per heavy atom. The maximum Gasteiger partial charge on any atom is 0.222 e. The van der Waals surface area contributed by atoms with Gasteiger partial charge in [0.1, 0.15) is 0 Å². The lowest BCUT2D eigenvalue weighted by Gasteiger charge is -2.31. The summed E-state index contributed by atoms with van der Waals surface area (Å²) in [5.41, 5.74) is 0. The molecule has 0 saturated heterocycles. The van der Waals surface area contributed by atoms with E-state index in [4.69, 9.17) is 0 Å². The monoisotopic (exact) mass is 243 g/mol. The number of hydrogen-bond acceptors (Lipinski definition) is 3. The van der Waals surface area contributed by atoms with Crippen LogP contribution in [0.2, 0.25) is 0 Å². The van der Waals surface area contributed by atoms with Crippen molar-refractivity contribution in [2.24, 2.45) is 11.8 Å². The molecule has 0 bridgehead atoms. The molecule has 1 rings (SSSR count). The predicted octanol–water partition coefficient (Wildman–Crippen LogP) is 1.06. The molecule has 0 spiro atoms. The average Bonchev–Trinajstić information content (AvgIpc) is 2.29. The highest BCUT2D eigenvalue weighted by Gasteiger charge is 2.26. The minimum atomic E-state index is -0.578. The lowest BCUT2D eigenvalue weighted by molar-refractivity contribution is -0.125. The maximum absolute atomic E-state index is 11.7. The van der Waals surface area contributed by atoms with E-state index in [9.17, 15) is 15.0 Å². The number of carbonyl (C=O) groups is 1. The Kier molecular flexibility index (Phi) is 5.92. The van der Waals surface area contributed by atoms with Crippen molar-refractivity contribution in [3.05, 3.63) is 0 Å². The van der Waals surface area contributed by atoms with E-state index < -0.39 is 6.10 Å². The zero-order chi connectivity index (χ0) is 12.8. The van der Waals surface area contributed by atoms with Gasteiger partial charge in [-0.1, -0.05) is 26.7 Å². The molecular formula is C13H25NO3. The summed E-state index contributed by atoms with van der Waals surface area (Å²) in [7, 11) is 0. The maximum atomic E-state index is 11.7. The second kappa shape index (κ2) is 6.97. The van der Waals surface area contributed by atoms with Crippen LogP contribution in [0.4, 0.5) is 0 Å². The van der Waals surface area contributed by atoms with E-state index in [-0.39, 0.29) is 36.8 Å². The van der Waals surface area contributed by atoms with E-state index >= 15 is 0 Å². The topological polar surface area (TPSA) is 69.6 Å². The largest absolute Gasteiger partial charge is 0.396 e. The second-order valence-corrected chi connectivity index (χ2v) is 5.42. The molecule has 0 radical (unpaired) electrons. The summed E-state index contributed by atoms with van der Waals surface area (Å²) in [5, 5.41) is 21.8. The fraction of sp³-hybridized carbons (Fsp3) is 0.923. The van der Waals surface area contributed by atoms with Gasteiger partial charge in [0.05, 0.1) is 12.5 Å². The molecule has 0 aliphatic heterocycles. The van der Waals surface area contributed by atoms with Crippen LogP contribution < -0.4 is 5.32 Å². The van der Waals surface area contributed by atoms with Crippen LogP contribution in [0.5, 0.6) is 0 Å². The molecule has 0 aromatic rings. The van der Waals surface area contributed by atoms with Crippen molar-refractivity contribution in [1.29, 1.82) is 0 Å². The average molecular weight is 243 g/mol. The summed E-state index contributed by atoms with van der Waals surface area (Å²) in [6.45, 7) is 3.93. The van der Waals surface area contributed by atoms with E-state index in [0.717, 1.165) is 25.7 Å². The number of aliphatic hydroxyl groups is 2. The second-order valence-electron chi connectivity index (χ2n) is 5.42. The zero-order valence-corrected chi connectivity index (χ0v) is 10.9. The van der Waals surface area contributed by atoms with E-state index in [1.807, 2.05) is 13.8 Å². The Morgan fingerprint density at radius 2 is 2.00 bits per heavy atom. The third-order valence-corrected chi connectivity index (χ3v) is 3.65. The van der Waals surface area contributed by atoms with Gasteiger partial charge in [-0.3, -0.25) is 4.79 Å². The van der Waals surface area contributed by atoms with Crippen LogP contribution in [-0.4, -0.2) is 34.9 Å². The standard InChI is InChI=1S/C13H25NO3/c1-9(2)12(16)7-13(17)14-11-6-4-3-5-10(11)8-15/h9-12,15-16H,3-8H2,1-2H3,(H,14,17). The number of amides is 1. The summed E-state index contributed by atoms with van der Waals surface area (Å²) >= 11 is 0.